The molecule has 0 bridgehead atoms. The molecule has 3 aromatic rings. The monoisotopic (exact) mass is 520 g/mol. The van der Waals surface area contributed by atoms with Gasteiger partial charge in [-0.25, -0.2) is 14.0 Å². The van der Waals surface area contributed by atoms with Crippen LogP contribution >= 0.6 is 0 Å². The molecule has 0 aliphatic rings. The summed E-state index contributed by atoms with van der Waals surface area (Å²) in [6.07, 6.45) is -0.148. The number of carboxylic acid groups (broad SMARTS) is 1. The fourth-order valence-electron chi connectivity index (χ4n) is 4.04. The molecule has 0 aliphatic carbocycles. The summed E-state index contributed by atoms with van der Waals surface area (Å²) in [5, 5.41) is 12.4. The zero-order valence-corrected chi connectivity index (χ0v) is 21.6. The molecule has 0 heterocycles. The van der Waals surface area contributed by atoms with Crippen molar-refractivity contribution < 1.29 is 28.6 Å². The number of halogens is 1. The lowest BCUT2D eigenvalue weighted by Crippen LogP contribution is -2.50. The van der Waals surface area contributed by atoms with Gasteiger partial charge in [-0.2, -0.15) is 0 Å². The molecule has 0 saturated carbocycles. The lowest BCUT2D eigenvalue weighted by atomic mass is 9.95. The first kappa shape index (κ1) is 28.4. The minimum Gasteiger partial charge on any atom is -0.480 e. The molecule has 38 heavy (non-hydrogen) atoms. The van der Waals surface area contributed by atoms with Crippen LogP contribution in [0.3, 0.4) is 0 Å². The van der Waals surface area contributed by atoms with Crippen LogP contribution in [0.1, 0.15) is 31.4 Å². The molecule has 0 spiro atoms. The molecule has 3 aromatic carbocycles. The number of hydrogen-bond acceptors (Lipinski definition) is 4. The molecule has 3 rings (SSSR count). The van der Waals surface area contributed by atoms with Gasteiger partial charge in [-0.3, -0.25) is 4.79 Å². The average Bonchev–Trinajstić information content (AvgIpc) is 2.90. The molecule has 0 aromatic heterocycles. The van der Waals surface area contributed by atoms with Gasteiger partial charge in [0.2, 0.25) is 0 Å². The summed E-state index contributed by atoms with van der Waals surface area (Å²) in [6, 6.07) is 20.8. The minimum atomic E-state index is -1.30. The molecule has 1 atom stereocenters. The number of aliphatic carboxylic acids is 1. The molecule has 2 amide bonds. The summed E-state index contributed by atoms with van der Waals surface area (Å²) in [5.41, 5.74) is 2.82. The van der Waals surface area contributed by atoms with E-state index in [9.17, 15) is 23.9 Å². The van der Waals surface area contributed by atoms with Crippen LogP contribution in [-0.2, 0) is 27.4 Å². The van der Waals surface area contributed by atoms with Crippen molar-refractivity contribution in [3.8, 4) is 11.1 Å². The first-order valence-corrected chi connectivity index (χ1v) is 12.5. The van der Waals surface area contributed by atoms with E-state index in [4.69, 9.17) is 4.74 Å². The van der Waals surface area contributed by atoms with Crippen molar-refractivity contribution in [1.82, 2.24) is 10.2 Å². The van der Waals surface area contributed by atoms with Gasteiger partial charge < -0.3 is 20.1 Å². The number of amides is 2. The van der Waals surface area contributed by atoms with Crippen molar-refractivity contribution in [3.05, 3.63) is 95.8 Å². The van der Waals surface area contributed by atoms with Crippen molar-refractivity contribution >= 4 is 18.0 Å². The molecule has 2 N–H and O–H groups in total. The van der Waals surface area contributed by atoms with Gasteiger partial charge in [0.15, 0.2) is 0 Å². The van der Waals surface area contributed by atoms with Crippen molar-refractivity contribution in [2.45, 2.75) is 39.3 Å². The summed E-state index contributed by atoms with van der Waals surface area (Å²) in [4.78, 5) is 38.9. The molecule has 0 saturated heterocycles. The maximum Gasteiger partial charge on any atom is 0.326 e. The number of benzene rings is 3. The van der Waals surface area contributed by atoms with Crippen LogP contribution in [0.2, 0.25) is 0 Å². The number of nitrogens with zero attached hydrogens (tertiary/aromatic N) is 1. The lowest BCUT2D eigenvalue weighted by Gasteiger charge is -2.27. The maximum atomic E-state index is 14.1. The second kappa shape index (κ2) is 13.9. The molecule has 0 fully saturated rings. The zero-order valence-electron chi connectivity index (χ0n) is 21.6. The number of hydrogen-bond donors (Lipinski definition) is 2. The van der Waals surface area contributed by atoms with Crippen LogP contribution in [0, 0.1) is 11.7 Å². The molecule has 200 valence electrons. The van der Waals surface area contributed by atoms with Gasteiger partial charge in [-0.05, 0) is 40.3 Å². The molecule has 7 nitrogen and oxygen atoms in total. The highest BCUT2D eigenvalue weighted by Gasteiger charge is 2.26. The molecular weight excluding hydrogens is 487 g/mol. The maximum absolute atomic E-state index is 14.1. The number of rotatable bonds is 12. The number of urea groups is 1. The predicted octanol–water partition coefficient (Wildman–Crippen LogP) is 5.29. The normalized spacial score (nSPS) is 11.6. The molecule has 0 unspecified atom stereocenters. The van der Waals surface area contributed by atoms with Gasteiger partial charge in [-0.1, -0.05) is 80.6 Å². The van der Waals surface area contributed by atoms with E-state index in [1.54, 1.807) is 6.07 Å². The lowest BCUT2D eigenvalue weighted by molar-refractivity contribution is -0.145. The van der Waals surface area contributed by atoms with Gasteiger partial charge in [-0.15, -0.1) is 0 Å². The third kappa shape index (κ3) is 8.73. The highest BCUT2D eigenvalue weighted by Crippen LogP contribution is 2.25. The van der Waals surface area contributed by atoms with Crippen molar-refractivity contribution in [2.75, 3.05) is 13.1 Å². The molecule has 0 radical (unpaired) electrons. The highest BCUT2D eigenvalue weighted by molar-refractivity contribution is 5.83. The van der Waals surface area contributed by atoms with Gasteiger partial charge in [0.1, 0.15) is 18.5 Å². The standard InChI is InChI=1S/C30H33FN2O5/c1-21(2)19-33(16-15-28(34)38-20-22-9-5-3-6-10-22)30(37)32-27(29(35)36)18-24-17-25(31)13-14-26(24)23-11-7-4-8-12-23/h3-14,17,21,27H,15-16,18-20H2,1-2H3,(H,32,37)(H,35,36)/t27-/m0/s1. The van der Waals surface area contributed by atoms with Crippen LogP contribution in [-0.4, -0.2) is 47.1 Å². The Labute approximate surface area is 222 Å². The van der Waals surface area contributed by atoms with Gasteiger partial charge in [0.25, 0.3) is 0 Å². The third-order valence-corrected chi connectivity index (χ3v) is 5.87. The second-order valence-electron chi connectivity index (χ2n) is 9.45. The van der Waals surface area contributed by atoms with Gasteiger partial charge in [0.05, 0.1) is 6.42 Å². The van der Waals surface area contributed by atoms with E-state index < -0.39 is 29.8 Å². The van der Waals surface area contributed by atoms with Crippen LogP contribution < -0.4 is 5.32 Å². The van der Waals surface area contributed by atoms with Crippen molar-refractivity contribution in [2.24, 2.45) is 5.92 Å². The number of nitrogens with one attached hydrogen (secondary N) is 1. The Morgan fingerprint density at radius 3 is 2.26 bits per heavy atom. The van der Waals surface area contributed by atoms with Crippen molar-refractivity contribution in [1.29, 1.82) is 0 Å². The number of ether oxygens (including phenoxy) is 1. The molecule has 8 heteroatoms. The van der Waals surface area contributed by atoms with E-state index in [1.165, 1.54) is 17.0 Å². The summed E-state index contributed by atoms with van der Waals surface area (Å²) in [7, 11) is 0. The SMILES string of the molecule is CC(C)CN(CCC(=O)OCc1ccccc1)C(=O)N[C@@H](Cc1cc(F)ccc1-c1ccccc1)C(=O)O. The second-order valence-corrected chi connectivity index (χ2v) is 9.45. The first-order chi connectivity index (χ1) is 18.2. The molecular formula is C30H33FN2O5. The van der Waals surface area contributed by atoms with E-state index in [2.05, 4.69) is 5.32 Å². The Hall–Kier alpha value is -4.20. The number of carbonyl (C=O) groups excluding carboxylic acids is 2. The Kier molecular flexibility index (Phi) is 10.4. The fraction of sp³-hybridized carbons (Fsp3) is 0.300. The van der Waals surface area contributed by atoms with Gasteiger partial charge >= 0.3 is 18.0 Å². The summed E-state index contributed by atoms with van der Waals surface area (Å²) >= 11 is 0. The summed E-state index contributed by atoms with van der Waals surface area (Å²) in [5.74, 6) is -2.12. The number of carboxylic acids is 1. The number of esters is 1. The topological polar surface area (TPSA) is 95.9 Å². The number of carbonyl (C=O) groups is 3. The Bertz CT molecular complexity index is 1220. The summed E-state index contributed by atoms with van der Waals surface area (Å²) < 4.78 is 19.4. The Balaban J connectivity index is 1.67. The van der Waals surface area contributed by atoms with E-state index in [0.717, 1.165) is 11.1 Å². The minimum absolute atomic E-state index is 0.0350. The average molecular weight is 521 g/mol. The largest absolute Gasteiger partial charge is 0.480 e. The third-order valence-electron chi connectivity index (χ3n) is 5.87. The van der Waals surface area contributed by atoms with E-state index in [1.807, 2.05) is 74.5 Å². The highest BCUT2D eigenvalue weighted by atomic mass is 19.1. The van der Waals surface area contributed by atoms with E-state index in [0.29, 0.717) is 17.7 Å². The zero-order chi connectivity index (χ0) is 27.5. The quantitative estimate of drug-likeness (QED) is 0.317. The van der Waals surface area contributed by atoms with Gasteiger partial charge in [0, 0.05) is 19.5 Å². The van der Waals surface area contributed by atoms with Crippen LogP contribution in [0.4, 0.5) is 9.18 Å². The van der Waals surface area contributed by atoms with E-state index >= 15 is 0 Å². The molecule has 0 aliphatic heterocycles. The van der Waals surface area contributed by atoms with Crippen LogP contribution in [0.15, 0.2) is 78.9 Å². The fourth-order valence-corrected chi connectivity index (χ4v) is 4.04. The smallest absolute Gasteiger partial charge is 0.326 e. The van der Waals surface area contributed by atoms with Crippen molar-refractivity contribution in [3.63, 3.8) is 0 Å². The van der Waals surface area contributed by atoms with E-state index in [-0.39, 0.29) is 31.9 Å². The van der Waals surface area contributed by atoms with Crippen LogP contribution in [0.25, 0.3) is 11.1 Å². The summed E-state index contributed by atoms with van der Waals surface area (Å²) in [6.45, 7) is 4.36. The van der Waals surface area contributed by atoms with Crippen LogP contribution in [0.5, 0.6) is 0 Å². The predicted molar refractivity (Wildman–Crippen MR) is 143 cm³/mol. The Morgan fingerprint density at radius 1 is 0.974 bits per heavy atom. The first-order valence-electron chi connectivity index (χ1n) is 12.5. The Morgan fingerprint density at radius 2 is 1.63 bits per heavy atom.